The Kier molecular flexibility index (Phi) is 4.44. The van der Waals surface area contributed by atoms with E-state index in [1.807, 2.05) is 13.8 Å². The van der Waals surface area contributed by atoms with Gasteiger partial charge in [-0.1, -0.05) is 13.8 Å². The topological polar surface area (TPSA) is 46.2 Å². The average Bonchev–Trinajstić information content (AvgIpc) is 2.71. The van der Waals surface area contributed by atoms with E-state index >= 15 is 0 Å². The number of nitrogens with one attached hydrogen (secondary N) is 1. The summed E-state index contributed by atoms with van der Waals surface area (Å²) >= 11 is 0. The van der Waals surface area contributed by atoms with Crippen molar-refractivity contribution in [2.75, 3.05) is 6.54 Å². The van der Waals surface area contributed by atoms with Crippen molar-refractivity contribution in [3.8, 4) is 0 Å². The van der Waals surface area contributed by atoms with Gasteiger partial charge in [0.25, 0.3) is 0 Å². The van der Waals surface area contributed by atoms with Gasteiger partial charge in [-0.15, -0.1) is 0 Å². The first-order valence-corrected chi connectivity index (χ1v) is 8.35. The van der Waals surface area contributed by atoms with Gasteiger partial charge in [0, 0.05) is 12.1 Å². The molecule has 0 bridgehead atoms. The highest BCUT2D eigenvalue weighted by atomic mass is 32.2. The molecule has 1 aliphatic carbocycles. The minimum absolute atomic E-state index is 0.0931. The zero-order valence-electron chi connectivity index (χ0n) is 11.6. The molecule has 0 amide bonds. The van der Waals surface area contributed by atoms with E-state index in [4.69, 9.17) is 0 Å². The summed E-state index contributed by atoms with van der Waals surface area (Å²) in [6.07, 6.45) is 1.25. The zero-order chi connectivity index (χ0) is 14.9. The second kappa shape index (κ2) is 5.77. The molecule has 0 aliphatic heterocycles. The first-order valence-electron chi connectivity index (χ1n) is 6.80. The van der Waals surface area contributed by atoms with Crippen LogP contribution in [0.15, 0.2) is 23.1 Å². The van der Waals surface area contributed by atoms with Gasteiger partial charge >= 0.3 is 0 Å². The number of hydrogen-bond donors (Lipinski definition) is 1. The number of halogens is 2. The monoisotopic (exact) mass is 303 g/mol. The molecule has 6 heteroatoms. The van der Waals surface area contributed by atoms with Crippen LogP contribution in [-0.2, 0) is 9.84 Å². The Labute approximate surface area is 118 Å². The van der Waals surface area contributed by atoms with Crippen LogP contribution in [0, 0.1) is 17.6 Å². The SMILES string of the molecule is CCNC1CCC(S(=O)(=O)c2ccc(F)cc2F)C1C. The van der Waals surface area contributed by atoms with Crippen LogP contribution in [0.25, 0.3) is 0 Å². The molecule has 1 aromatic carbocycles. The summed E-state index contributed by atoms with van der Waals surface area (Å²) in [7, 11) is -3.77. The molecule has 112 valence electrons. The first-order chi connectivity index (χ1) is 9.37. The van der Waals surface area contributed by atoms with Crippen LogP contribution in [0.1, 0.15) is 26.7 Å². The van der Waals surface area contributed by atoms with E-state index in [0.717, 1.165) is 25.1 Å². The molecule has 0 spiro atoms. The Morgan fingerprint density at radius 2 is 2.00 bits per heavy atom. The van der Waals surface area contributed by atoms with Gasteiger partial charge in [-0.25, -0.2) is 17.2 Å². The summed E-state index contributed by atoms with van der Waals surface area (Å²) < 4.78 is 51.7. The first kappa shape index (κ1) is 15.4. The predicted octanol–water partition coefficient (Wildman–Crippen LogP) is 2.52. The number of sulfone groups is 1. The fourth-order valence-electron chi connectivity index (χ4n) is 2.99. The van der Waals surface area contributed by atoms with Crippen LogP contribution in [0.2, 0.25) is 0 Å². The molecule has 3 atom stereocenters. The lowest BCUT2D eigenvalue weighted by Gasteiger charge is -2.21. The number of hydrogen-bond acceptors (Lipinski definition) is 3. The van der Waals surface area contributed by atoms with Gasteiger partial charge < -0.3 is 5.32 Å². The molecule has 3 unspecified atom stereocenters. The van der Waals surface area contributed by atoms with Gasteiger partial charge in [-0.2, -0.15) is 0 Å². The lowest BCUT2D eigenvalue weighted by atomic mass is 10.1. The summed E-state index contributed by atoms with van der Waals surface area (Å²) in [6.45, 7) is 4.60. The van der Waals surface area contributed by atoms with E-state index in [0.29, 0.717) is 12.5 Å². The Morgan fingerprint density at radius 3 is 2.60 bits per heavy atom. The van der Waals surface area contributed by atoms with Gasteiger partial charge in [-0.3, -0.25) is 0 Å². The molecule has 0 saturated heterocycles. The Hall–Kier alpha value is -1.01. The highest BCUT2D eigenvalue weighted by molar-refractivity contribution is 7.92. The normalized spacial score (nSPS) is 26.9. The molecule has 1 fully saturated rings. The summed E-state index contributed by atoms with van der Waals surface area (Å²) in [5, 5.41) is 2.63. The van der Waals surface area contributed by atoms with Gasteiger partial charge in [0.15, 0.2) is 9.84 Å². The van der Waals surface area contributed by atoms with Crippen LogP contribution in [0.3, 0.4) is 0 Å². The fourth-order valence-corrected chi connectivity index (χ4v) is 5.10. The maximum absolute atomic E-state index is 13.7. The number of rotatable bonds is 4. The molecule has 1 aromatic rings. The van der Waals surface area contributed by atoms with Crippen molar-refractivity contribution in [3.63, 3.8) is 0 Å². The third-order valence-corrected chi connectivity index (χ3v) is 6.45. The quantitative estimate of drug-likeness (QED) is 0.869. The minimum Gasteiger partial charge on any atom is -0.314 e. The van der Waals surface area contributed by atoms with E-state index in [-0.39, 0.29) is 12.0 Å². The van der Waals surface area contributed by atoms with Crippen molar-refractivity contribution >= 4 is 9.84 Å². The standard InChI is InChI=1S/C14H19F2NO2S/c1-3-17-12-5-7-13(9(12)2)20(18,19)14-6-4-10(15)8-11(14)16/h4,6,8-9,12-13,17H,3,5,7H2,1-2H3. The molecule has 2 rings (SSSR count). The molecule has 20 heavy (non-hydrogen) atoms. The van der Waals surface area contributed by atoms with Crippen LogP contribution in [-0.4, -0.2) is 26.3 Å². The Morgan fingerprint density at radius 1 is 1.30 bits per heavy atom. The van der Waals surface area contributed by atoms with Gasteiger partial charge in [0.05, 0.1) is 5.25 Å². The summed E-state index contributed by atoms with van der Waals surface area (Å²) in [6, 6.07) is 2.75. The van der Waals surface area contributed by atoms with E-state index in [2.05, 4.69) is 5.32 Å². The maximum atomic E-state index is 13.7. The van der Waals surface area contributed by atoms with Crippen LogP contribution in [0.4, 0.5) is 8.78 Å². The Balaban J connectivity index is 2.32. The third kappa shape index (κ3) is 2.72. The smallest absolute Gasteiger partial charge is 0.184 e. The molecule has 3 nitrogen and oxygen atoms in total. The van der Waals surface area contributed by atoms with Crippen molar-refractivity contribution < 1.29 is 17.2 Å². The highest BCUT2D eigenvalue weighted by Gasteiger charge is 2.42. The molecule has 1 N–H and O–H groups in total. The van der Waals surface area contributed by atoms with Crippen molar-refractivity contribution in [3.05, 3.63) is 29.8 Å². The molecule has 0 radical (unpaired) electrons. The van der Waals surface area contributed by atoms with Gasteiger partial charge in [-0.05, 0) is 37.4 Å². The van der Waals surface area contributed by atoms with Crippen molar-refractivity contribution in [1.29, 1.82) is 0 Å². The predicted molar refractivity (Wildman–Crippen MR) is 73.2 cm³/mol. The van der Waals surface area contributed by atoms with Crippen molar-refractivity contribution in [2.24, 2.45) is 5.92 Å². The average molecular weight is 303 g/mol. The number of benzene rings is 1. The molecule has 1 aliphatic rings. The Bertz CT molecular complexity index is 589. The fraction of sp³-hybridized carbons (Fsp3) is 0.571. The second-order valence-electron chi connectivity index (χ2n) is 5.26. The summed E-state index contributed by atoms with van der Waals surface area (Å²) in [5.41, 5.74) is 0. The lowest BCUT2D eigenvalue weighted by molar-refractivity contribution is 0.432. The van der Waals surface area contributed by atoms with E-state index in [9.17, 15) is 17.2 Å². The van der Waals surface area contributed by atoms with Crippen LogP contribution >= 0.6 is 0 Å². The third-order valence-electron chi connectivity index (χ3n) is 4.05. The maximum Gasteiger partial charge on any atom is 0.184 e. The minimum atomic E-state index is -3.77. The molecule has 1 saturated carbocycles. The van der Waals surface area contributed by atoms with Crippen molar-refractivity contribution in [1.82, 2.24) is 5.32 Å². The highest BCUT2D eigenvalue weighted by Crippen LogP contribution is 2.35. The molecular formula is C14H19F2NO2S. The van der Waals surface area contributed by atoms with Crippen LogP contribution in [0.5, 0.6) is 0 Å². The summed E-state index contributed by atoms with van der Waals surface area (Å²) in [5.74, 6) is -1.88. The van der Waals surface area contributed by atoms with Gasteiger partial charge in [0.2, 0.25) is 0 Å². The molecular weight excluding hydrogens is 284 g/mol. The zero-order valence-corrected chi connectivity index (χ0v) is 12.4. The van der Waals surface area contributed by atoms with Crippen molar-refractivity contribution in [2.45, 2.75) is 42.9 Å². The van der Waals surface area contributed by atoms with E-state index in [1.165, 1.54) is 0 Å². The van der Waals surface area contributed by atoms with Gasteiger partial charge in [0.1, 0.15) is 16.5 Å². The van der Waals surface area contributed by atoms with E-state index < -0.39 is 31.6 Å². The molecule has 0 heterocycles. The lowest BCUT2D eigenvalue weighted by Crippen LogP contribution is -2.36. The molecule has 0 aromatic heterocycles. The van der Waals surface area contributed by atoms with E-state index in [1.54, 1.807) is 0 Å². The summed E-state index contributed by atoms with van der Waals surface area (Å²) in [4.78, 5) is -0.395. The second-order valence-corrected chi connectivity index (χ2v) is 7.39. The largest absolute Gasteiger partial charge is 0.314 e. The van der Waals surface area contributed by atoms with Crippen LogP contribution < -0.4 is 5.32 Å².